The molecule has 0 aromatic heterocycles. The van der Waals surface area contributed by atoms with Crippen molar-refractivity contribution in [2.75, 3.05) is 19.6 Å². The Bertz CT molecular complexity index is 476. The molecule has 0 saturated carbocycles. The highest BCUT2D eigenvalue weighted by atomic mass is 127. The number of amides is 2. The fraction of sp³-hybridized carbons (Fsp3) is 0.385. The topological polar surface area (TPSA) is 49.4 Å². The second-order valence-corrected chi connectivity index (χ2v) is 5.47. The van der Waals surface area contributed by atoms with Crippen LogP contribution < -0.4 is 5.32 Å². The van der Waals surface area contributed by atoms with Crippen molar-refractivity contribution in [2.24, 2.45) is 0 Å². The molecular weight excluding hydrogens is 379 g/mol. The van der Waals surface area contributed by atoms with Crippen molar-refractivity contribution in [1.29, 1.82) is 0 Å². The third-order valence-corrected chi connectivity index (χ3v) is 3.87. The Kier molecular flexibility index (Phi) is 6.57. The first-order chi connectivity index (χ1) is 8.99. The molecule has 0 atom stereocenters. The molecule has 0 aliphatic carbocycles. The number of nitrogens with one attached hydrogen (secondary N) is 1. The van der Waals surface area contributed by atoms with Gasteiger partial charge in [-0.15, -0.1) is 0 Å². The molecule has 1 rings (SSSR count). The largest absolute Gasteiger partial charge is 0.343 e. The number of carbonyl (C=O) groups excluding carboxylic acids is 2. The van der Waals surface area contributed by atoms with Crippen LogP contribution in [0.5, 0.6) is 0 Å². The van der Waals surface area contributed by atoms with Crippen LogP contribution >= 0.6 is 34.2 Å². The highest BCUT2D eigenvalue weighted by Gasteiger charge is 2.14. The van der Waals surface area contributed by atoms with E-state index in [2.05, 4.69) is 27.9 Å². The van der Waals surface area contributed by atoms with Crippen LogP contribution in [-0.2, 0) is 4.79 Å². The number of carbonyl (C=O) groups is 2. The molecule has 0 fully saturated rings. The smallest absolute Gasteiger partial charge is 0.252 e. The molecule has 104 valence electrons. The zero-order chi connectivity index (χ0) is 14.4. The summed E-state index contributed by atoms with van der Waals surface area (Å²) in [5, 5.41) is 3.12. The summed E-state index contributed by atoms with van der Waals surface area (Å²) < 4.78 is 0.801. The summed E-state index contributed by atoms with van der Waals surface area (Å²) in [5.74, 6) is -0.372. The number of hydrogen-bond donors (Lipinski definition) is 1. The monoisotopic (exact) mass is 394 g/mol. The summed E-state index contributed by atoms with van der Waals surface area (Å²) in [4.78, 5) is 25.4. The molecule has 6 heteroatoms. The van der Waals surface area contributed by atoms with Gasteiger partial charge in [0.05, 0.1) is 12.1 Å². The van der Waals surface area contributed by atoms with Crippen LogP contribution in [0.15, 0.2) is 18.2 Å². The van der Waals surface area contributed by atoms with Gasteiger partial charge in [-0.25, -0.2) is 0 Å². The molecule has 0 spiro atoms. The molecule has 0 aliphatic rings. The van der Waals surface area contributed by atoms with Crippen molar-refractivity contribution in [1.82, 2.24) is 10.2 Å². The standard InChI is InChI=1S/C13H16ClIN2O2/c1-3-17(4-2)12(18)8-16-13(19)10-7-9(14)5-6-11(10)15/h5-7H,3-4,8H2,1-2H3,(H,16,19). The summed E-state index contributed by atoms with van der Waals surface area (Å²) >= 11 is 7.92. The van der Waals surface area contributed by atoms with Gasteiger partial charge >= 0.3 is 0 Å². The Labute approximate surface area is 131 Å². The number of benzene rings is 1. The van der Waals surface area contributed by atoms with Gasteiger partial charge in [-0.2, -0.15) is 0 Å². The molecule has 0 heterocycles. The van der Waals surface area contributed by atoms with Crippen molar-refractivity contribution < 1.29 is 9.59 Å². The minimum atomic E-state index is -0.285. The molecule has 1 aromatic carbocycles. The van der Waals surface area contributed by atoms with E-state index in [9.17, 15) is 9.59 Å². The Balaban J connectivity index is 2.65. The van der Waals surface area contributed by atoms with E-state index in [0.29, 0.717) is 23.7 Å². The zero-order valence-corrected chi connectivity index (χ0v) is 13.8. The van der Waals surface area contributed by atoms with E-state index >= 15 is 0 Å². The number of nitrogens with zero attached hydrogens (tertiary/aromatic N) is 1. The number of rotatable bonds is 5. The Morgan fingerprint density at radius 2 is 1.95 bits per heavy atom. The lowest BCUT2D eigenvalue weighted by Crippen LogP contribution is -2.40. The first-order valence-corrected chi connectivity index (χ1v) is 7.46. The van der Waals surface area contributed by atoms with Crippen molar-refractivity contribution in [2.45, 2.75) is 13.8 Å². The van der Waals surface area contributed by atoms with Crippen molar-refractivity contribution >= 4 is 46.0 Å². The molecule has 0 saturated heterocycles. The van der Waals surface area contributed by atoms with Gasteiger partial charge in [-0.05, 0) is 54.6 Å². The van der Waals surface area contributed by atoms with Crippen LogP contribution in [-0.4, -0.2) is 36.3 Å². The molecule has 19 heavy (non-hydrogen) atoms. The summed E-state index contributed by atoms with van der Waals surface area (Å²) in [5.41, 5.74) is 0.487. The van der Waals surface area contributed by atoms with Crippen LogP contribution in [0.1, 0.15) is 24.2 Å². The second-order valence-electron chi connectivity index (χ2n) is 3.87. The van der Waals surface area contributed by atoms with Crippen molar-refractivity contribution in [3.63, 3.8) is 0 Å². The van der Waals surface area contributed by atoms with Gasteiger partial charge in [0.2, 0.25) is 5.91 Å². The third-order valence-electron chi connectivity index (χ3n) is 2.69. The van der Waals surface area contributed by atoms with Gasteiger partial charge < -0.3 is 10.2 Å². The lowest BCUT2D eigenvalue weighted by molar-refractivity contribution is -0.129. The first-order valence-electron chi connectivity index (χ1n) is 6.00. The van der Waals surface area contributed by atoms with Crippen molar-refractivity contribution in [3.05, 3.63) is 32.4 Å². The molecular formula is C13H16ClIN2O2. The first kappa shape index (κ1) is 16.2. The highest BCUT2D eigenvalue weighted by molar-refractivity contribution is 14.1. The lowest BCUT2D eigenvalue weighted by atomic mass is 10.2. The summed E-state index contributed by atoms with van der Waals surface area (Å²) in [7, 11) is 0. The molecule has 0 bridgehead atoms. The summed E-state index contributed by atoms with van der Waals surface area (Å²) in [6.07, 6.45) is 0. The predicted octanol–water partition coefficient (Wildman–Crippen LogP) is 2.54. The van der Waals surface area contributed by atoms with Crippen LogP contribution in [0.4, 0.5) is 0 Å². The molecule has 0 unspecified atom stereocenters. The van der Waals surface area contributed by atoms with Crippen LogP contribution in [0.25, 0.3) is 0 Å². The van der Waals surface area contributed by atoms with Gasteiger partial charge in [0.15, 0.2) is 0 Å². The van der Waals surface area contributed by atoms with Gasteiger partial charge in [0, 0.05) is 21.7 Å². The van der Waals surface area contributed by atoms with Crippen LogP contribution in [0.3, 0.4) is 0 Å². The van der Waals surface area contributed by atoms with E-state index in [4.69, 9.17) is 11.6 Å². The fourth-order valence-electron chi connectivity index (χ4n) is 1.61. The Hall–Kier alpha value is -0.820. The molecule has 1 aromatic rings. The maximum absolute atomic E-state index is 12.0. The number of likely N-dealkylation sites (N-methyl/N-ethyl adjacent to an activating group) is 1. The van der Waals surface area contributed by atoms with E-state index in [0.717, 1.165) is 3.57 Å². The maximum atomic E-state index is 12.0. The normalized spacial score (nSPS) is 10.1. The lowest BCUT2D eigenvalue weighted by Gasteiger charge is -2.18. The maximum Gasteiger partial charge on any atom is 0.252 e. The molecule has 0 radical (unpaired) electrons. The fourth-order valence-corrected chi connectivity index (χ4v) is 2.36. The van der Waals surface area contributed by atoms with E-state index in [1.54, 1.807) is 23.1 Å². The molecule has 1 N–H and O–H groups in total. The van der Waals surface area contributed by atoms with Gasteiger partial charge in [-0.3, -0.25) is 9.59 Å². The second kappa shape index (κ2) is 7.69. The molecule has 2 amide bonds. The SMILES string of the molecule is CCN(CC)C(=O)CNC(=O)c1cc(Cl)ccc1I. The molecule has 0 aliphatic heterocycles. The van der Waals surface area contributed by atoms with Gasteiger partial charge in [0.25, 0.3) is 5.91 Å². The Morgan fingerprint density at radius 1 is 1.32 bits per heavy atom. The van der Waals surface area contributed by atoms with E-state index in [1.165, 1.54) is 0 Å². The average Bonchev–Trinajstić information content (AvgIpc) is 2.40. The van der Waals surface area contributed by atoms with Gasteiger partial charge in [0.1, 0.15) is 0 Å². The zero-order valence-electron chi connectivity index (χ0n) is 10.9. The minimum Gasteiger partial charge on any atom is -0.343 e. The van der Waals surface area contributed by atoms with E-state index < -0.39 is 0 Å². The Morgan fingerprint density at radius 3 is 2.53 bits per heavy atom. The van der Waals surface area contributed by atoms with E-state index in [-0.39, 0.29) is 18.4 Å². The molecule has 4 nitrogen and oxygen atoms in total. The van der Waals surface area contributed by atoms with E-state index in [1.807, 2.05) is 13.8 Å². The average molecular weight is 395 g/mol. The van der Waals surface area contributed by atoms with Crippen LogP contribution in [0.2, 0.25) is 5.02 Å². The van der Waals surface area contributed by atoms with Crippen LogP contribution in [0, 0.1) is 3.57 Å². The summed E-state index contributed by atoms with van der Waals surface area (Å²) in [6.45, 7) is 5.09. The predicted molar refractivity (Wildman–Crippen MR) is 84.4 cm³/mol. The summed E-state index contributed by atoms with van der Waals surface area (Å²) in [6, 6.07) is 5.09. The highest BCUT2D eigenvalue weighted by Crippen LogP contribution is 2.17. The third kappa shape index (κ3) is 4.65. The minimum absolute atomic E-state index is 0.00308. The number of hydrogen-bond acceptors (Lipinski definition) is 2. The number of halogens is 2. The van der Waals surface area contributed by atoms with Gasteiger partial charge in [-0.1, -0.05) is 11.6 Å². The van der Waals surface area contributed by atoms with Crippen molar-refractivity contribution in [3.8, 4) is 0 Å². The quantitative estimate of drug-likeness (QED) is 0.780.